The highest BCUT2D eigenvalue weighted by Crippen LogP contribution is 2.32. The Morgan fingerprint density at radius 3 is 2.18 bits per heavy atom. The predicted molar refractivity (Wildman–Crippen MR) is 73.2 cm³/mol. The number of aliphatic hydroxyl groups is 2. The molecule has 1 aromatic rings. The second kappa shape index (κ2) is 7.04. The maximum Gasteiger partial charge on any atom is 0.0712 e. The van der Waals surface area contributed by atoms with Crippen molar-refractivity contribution in [2.45, 2.75) is 37.0 Å². The van der Waals surface area contributed by atoms with Crippen molar-refractivity contribution >= 4 is 11.8 Å². The van der Waals surface area contributed by atoms with Crippen LogP contribution in [0.5, 0.6) is 0 Å². The van der Waals surface area contributed by atoms with Crippen molar-refractivity contribution in [3.05, 3.63) is 30.3 Å². The fourth-order valence-electron chi connectivity index (χ4n) is 1.69. The van der Waals surface area contributed by atoms with Crippen molar-refractivity contribution in [2.24, 2.45) is 11.8 Å². The molecule has 0 fully saturated rings. The van der Waals surface area contributed by atoms with Gasteiger partial charge in [-0.15, -0.1) is 11.8 Å². The molecule has 0 aliphatic rings. The third-order valence-corrected chi connectivity index (χ3v) is 4.52. The van der Waals surface area contributed by atoms with Crippen LogP contribution < -0.4 is 0 Å². The number of hydrogen-bond donors (Lipinski definition) is 2. The van der Waals surface area contributed by atoms with E-state index in [9.17, 15) is 5.11 Å². The molecule has 17 heavy (non-hydrogen) atoms. The molecule has 0 spiro atoms. The first-order valence-electron chi connectivity index (χ1n) is 6.07. The number of thioether (sulfide) groups is 1. The van der Waals surface area contributed by atoms with Gasteiger partial charge in [0.1, 0.15) is 0 Å². The largest absolute Gasteiger partial charge is 0.396 e. The zero-order chi connectivity index (χ0) is 12.8. The molecule has 0 amide bonds. The average molecular weight is 254 g/mol. The number of aliphatic hydroxyl groups excluding tert-OH is 2. The smallest absolute Gasteiger partial charge is 0.0712 e. The van der Waals surface area contributed by atoms with Crippen molar-refractivity contribution in [2.75, 3.05) is 6.61 Å². The van der Waals surface area contributed by atoms with E-state index >= 15 is 0 Å². The van der Waals surface area contributed by atoms with Crippen LogP contribution in [0.25, 0.3) is 0 Å². The highest BCUT2D eigenvalue weighted by molar-refractivity contribution is 8.00. The number of rotatable bonds is 6. The summed E-state index contributed by atoms with van der Waals surface area (Å²) in [5.74, 6) is 0.280. The second-order valence-electron chi connectivity index (χ2n) is 4.79. The lowest BCUT2D eigenvalue weighted by atomic mass is 9.96. The van der Waals surface area contributed by atoms with E-state index in [1.54, 1.807) is 11.8 Å². The Kier molecular flexibility index (Phi) is 6.03. The van der Waals surface area contributed by atoms with Crippen LogP contribution in [-0.2, 0) is 0 Å². The first-order chi connectivity index (χ1) is 8.06. The molecule has 1 rings (SSSR count). The van der Waals surface area contributed by atoms with Gasteiger partial charge in [-0.3, -0.25) is 0 Å². The lowest BCUT2D eigenvalue weighted by Crippen LogP contribution is -2.35. The van der Waals surface area contributed by atoms with Gasteiger partial charge in [0, 0.05) is 22.7 Å². The monoisotopic (exact) mass is 254 g/mol. The summed E-state index contributed by atoms with van der Waals surface area (Å²) in [6.45, 7) is 6.12. The van der Waals surface area contributed by atoms with E-state index in [-0.39, 0.29) is 17.8 Å². The van der Waals surface area contributed by atoms with Crippen molar-refractivity contribution < 1.29 is 10.2 Å². The average Bonchev–Trinajstić information content (AvgIpc) is 2.35. The Balaban J connectivity index is 2.73. The molecular formula is C14H22O2S. The van der Waals surface area contributed by atoms with Gasteiger partial charge in [0.05, 0.1) is 6.10 Å². The molecular weight excluding hydrogens is 232 g/mol. The normalized spacial score (nSPS) is 16.8. The Morgan fingerprint density at radius 1 is 1.12 bits per heavy atom. The van der Waals surface area contributed by atoms with E-state index in [2.05, 4.69) is 26.0 Å². The summed E-state index contributed by atoms with van der Waals surface area (Å²) >= 11 is 1.69. The molecule has 3 atom stereocenters. The van der Waals surface area contributed by atoms with Crippen LogP contribution in [-0.4, -0.2) is 28.2 Å². The van der Waals surface area contributed by atoms with Gasteiger partial charge in [0.15, 0.2) is 0 Å². The van der Waals surface area contributed by atoms with Crippen molar-refractivity contribution in [1.29, 1.82) is 0 Å². The quantitative estimate of drug-likeness (QED) is 0.767. The van der Waals surface area contributed by atoms with E-state index < -0.39 is 6.10 Å². The van der Waals surface area contributed by atoms with Gasteiger partial charge in [0.25, 0.3) is 0 Å². The van der Waals surface area contributed by atoms with E-state index in [1.807, 2.05) is 25.1 Å². The summed E-state index contributed by atoms with van der Waals surface area (Å²) in [5, 5.41) is 19.5. The summed E-state index contributed by atoms with van der Waals surface area (Å²) in [4.78, 5) is 1.16. The fraction of sp³-hybridized carbons (Fsp3) is 0.571. The summed E-state index contributed by atoms with van der Waals surface area (Å²) in [6, 6.07) is 10.1. The molecule has 2 N–H and O–H groups in total. The van der Waals surface area contributed by atoms with Crippen LogP contribution in [0.3, 0.4) is 0 Å². The molecule has 0 saturated carbocycles. The van der Waals surface area contributed by atoms with Gasteiger partial charge in [0.2, 0.25) is 0 Å². The molecule has 3 heteroatoms. The highest BCUT2D eigenvalue weighted by atomic mass is 32.2. The van der Waals surface area contributed by atoms with Gasteiger partial charge in [-0.05, 0) is 18.1 Å². The van der Waals surface area contributed by atoms with E-state index in [4.69, 9.17) is 5.11 Å². The Labute approximate surface area is 108 Å². The van der Waals surface area contributed by atoms with E-state index in [0.717, 1.165) is 4.90 Å². The molecule has 0 aliphatic heterocycles. The SMILES string of the molecule is CC(C)[C@@H](Sc1ccccc1)[C@@H](O)[C@H](C)CO. The van der Waals surface area contributed by atoms with Crippen molar-refractivity contribution in [3.8, 4) is 0 Å². The summed E-state index contributed by atoms with van der Waals surface area (Å²) in [7, 11) is 0. The van der Waals surface area contributed by atoms with Crippen molar-refractivity contribution in [3.63, 3.8) is 0 Å². The summed E-state index contributed by atoms with van der Waals surface area (Å²) < 4.78 is 0. The Morgan fingerprint density at radius 2 is 1.71 bits per heavy atom. The van der Waals surface area contributed by atoms with E-state index in [1.165, 1.54) is 0 Å². The summed E-state index contributed by atoms with van der Waals surface area (Å²) in [5.41, 5.74) is 0. The molecule has 0 saturated heterocycles. The minimum Gasteiger partial charge on any atom is -0.396 e. The van der Waals surface area contributed by atoms with Gasteiger partial charge in [-0.25, -0.2) is 0 Å². The maximum atomic E-state index is 10.2. The first kappa shape index (κ1) is 14.6. The van der Waals surface area contributed by atoms with Crippen molar-refractivity contribution in [1.82, 2.24) is 0 Å². The Hall–Kier alpha value is -0.510. The summed E-state index contributed by atoms with van der Waals surface area (Å²) in [6.07, 6.45) is -0.481. The fourth-order valence-corrected chi connectivity index (χ4v) is 3.00. The van der Waals surface area contributed by atoms with Crippen LogP contribution in [0.4, 0.5) is 0 Å². The topological polar surface area (TPSA) is 40.5 Å². The zero-order valence-corrected chi connectivity index (χ0v) is 11.5. The molecule has 1 aromatic carbocycles. The molecule has 0 bridgehead atoms. The number of hydrogen-bond acceptors (Lipinski definition) is 3. The third-order valence-electron chi connectivity index (χ3n) is 2.88. The van der Waals surface area contributed by atoms with E-state index in [0.29, 0.717) is 5.92 Å². The number of benzene rings is 1. The second-order valence-corrected chi connectivity index (χ2v) is 6.04. The molecule has 0 aliphatic carbocycles. The van der Waals surface area contributed by atoms with Crippen LogP contribution in [0, 0.1) is 11.8 Å². The van der Waals surface area contributed by atoms with Crippen LogP contribution in [0.15, 0.2) is 35.2 Å². The minimum atomic E-state index is -0.481. The van der Waals surface area contributed by atoms with Gasteiger partial charge in [-0.2, -0.15) is 0 Å². The molecule has 2 nitrogen and oxygen atoms in total. The molecule has 0 aromatic heterocycles. The Bertz CT molecular complexity index is 313. The van der Waals surface area contributed by atoms with Crippen LogP contribution in [0.1, 0.15) is 20.8 Å². The molecule has 96 valence electrons. The molecule has 0 unspecified atom stereocenters. The van der Waals surface area contributed by atoms with Gasteiger partial charge >= 0.3 is 0 Å². The lowest BCUT2D eigenvalue weighted by molar-refractivity contribution is 0.0664. The molecule has 0 heterocycles. The first-order valence-corrected chi connectivity index (χ1v) is 6.94. The lowest BCUT2D eigenvalue weighted by Gasteiger charge is -2.29. The minimum absolute atomic E-state index is 0.0275. The van der Waals surface area contributed by atoms with Crippen LogP contribution >= 0.6 is 11.8 Å². The third kappa shape index (κ3) is 4.34. The van der Waals surface area contributed by atoms with Gasteiger partial charge in [-0.1, -0.05) is 39.0 Å². The highest BCUT2D eigenvalue weighted by Gasteiger charge is 2.27. The van der Waals surface area contributed by atoms with Gasteiger partial charge < -0.3 is 10.2 Å². The zero-order valence-electron chi connectivity index (χ0n) is 10.7. The molecule has 0 radical (unpaired) electrons. The predicted octanol–water partition coefficient (Wildman–Crippen LogP) is 2.79. The van der Waals surface area contributed by atoms with Crippen LogP contribution in [0.2, 0.25) is 0 Å². The standard InChI is InChI=1S/C14H22O2S/c1-10(2)14(13(16)11(3)9-15)17-12-7-5-4-6-8-12/h4-8,10-11,13-16H,9H2,1-3H3/t11-,13+,14-/m1/s1. The maximum absolute atomic E-state index is 10.2.